The average molecular weight is 256 g/mol. The van der Waals surface area contributed by atoms with Gasteiger partial charge in [0.25, 0.3) is 0 Å². The van der Waals surface area contributed by atoms with Gasteiger partial charge in [-0.05, 0) is 32.4 Å². The van der Waals surface area contributed by atoms with Crippen LogP contribution in [0.5, 0.6) is 0 Å². The van der Waals surface area contributed by atoms with Crippen molar-refractivity contribution in [3.63, 3.8) is 0 Å². The van der Waals surface area contributed by atoms with Gasteiger partial charge in [0.15, 0.2) is 0 Å². The molecule has 0 aliphatic rings. The molecule has 1 aromatic heterocycles. The minimum atomic E-state index is -0.984. The number of nitrogens with one attached hydrogen (secondary N) is 1. The summed E-state index contributed by atoms with van der Waals surface area (Å²) in [6.45, 7) is 6.03. The fourth-order valence-electron chi connectivity index (χ4n) is 2.05. The Balaban J connectivity index is 2.43. The standard InChI is InChI=1S/C15H16N2O2/c1-9-4-5-12(10(2)8-9)15-11(3)16-13(17-15)6-7-14(18)19/h4-8H,1-3H3,(H,16,17)(H,18,19)/b7-6+. The quantitative estimate of drug-likeness (QED) is 0.829. The molecule has 0 bridgehead atoms. The molecule has 1 aromatic carbocycles. The number of carboxylic acid groups (broad SMARTS) is 1. The maximum absolute atomic E-state index is 10.5. The molecular formula is C15H16N2O2. The summed E-state index contributed by atoms with van der Waals surface area (Å²) in [5, 5.41) is 8.61. The van der Waals surface area contributed by atoms with E-state index in [0.717, 1.165) is 28.6 Å². The van der Waals surface area contributed by atoms with E-state index in [1.54, 1.807) is 0 Å². The second-order valence-electron chi connectivity index (χ2n) is 4.59. The second kappa shape index (κ2) is 5.10. The SMILES string of the molecule is Cc1ccc(-c2nc(/C=C/C(=O)O)[nH]c2C)c(C)c1. The molecule has 19 heavy (non-hydrogen) atoms. The van der Waals surface area contributed by atoms with Crippen LogP contribution in [0.1, 0.15) is 22.6 Å². The Morgan fingerprint density at radius 3 is 2.68 bits per heavy atom. The molecule has 98 valence electrons. The van der Waals surface area contributed by atoms with Gasteiger partial charge in [-0.3, -0.25) is 0 Å². The van der Waals surface area contributed by atoms with Crippen LogP contribution < -0.4 is 0 Å². The fourth-order valence-corrected chi connectivity index (χ4v) is 2.05. The van der Waals surface area contributed by atoms with Gasteiger partial charge >= 0.3 is 5.97 Å². The van der Waals surface area contributed by atoms with E-state index in [1.807, 2.05) is 26.0 Å². The number of benzene rings is 1. The van der Waals surface area contributed by atoms with E-state index in [0.29, 0.717) is 5.82 Å². The summed E-state index contributed by atoms with van der Waals surface area (Å²) < 4.78 is 0. The highest BCUT2D eigenvalue weighted by atomic mass is 16.4. The normalized spacial score (nSPS) is 11.1. The van der Waals surface area contributed by atoms with Gasteiger partial charge in [-0.1, -0.05) is 23.8 Å². The lowest BCUT2D eigenvalue weighted by Crippen LogP contribution is -1.87. The van der Waals surface area contributed by atoms with Gasteiger partial charge in [0.05, 0.1) is 5.69 Å². The Morgan fingerprint density at radius 2 is 2.05 bits per heavy atom. The Hall–Kier alpha value is -2.36. The molecule has 0 saturated heterocycles. The van der Waals surface area contributed by atoms with Crippen LogP contribution in [0.25, 0.3) is 17.3 Å². The largest absolute Gasteiger partial charge is 0.478 e. The van der Waals surface area contributed by atoms with Gasteiger partial charge in [-0.2, -0.15) is 0 Å². The van der Waals surface area contributed by atoms with Crippen LogP contribution in [0.2, 0.25) is 0 Å². The first-order valence-corrected chi connectivity index (χ1v) is 6.02. The van der Waals surface area contributed by atoms with E-state index >= 15 is 0 Å². The second-order valence-corrected chi connectivity index (χ2v) is 4.59. The number of aliphatic carboxylic acids is 1. The third kappa shape index (κ3) is 2.91. The third-order valence-electron chi connectivity index (χ3n) is 2.92. The summed E-state index contributed by atoms with van der Waals surface area (Å²) in [6.07, 6.45) is 2.53. The van der Waals surface area contributed by atoms with Crippen molar-refractivity contribution in [2.24, 2.45) is 0 Å². The van der Waals surface area contributed by atoms with Gasteiger partial charge in [0.1, 0.15) is 5.82 Å². The number of carboxylic acids is 1. The molecule has 0 saturated carbocycles. The van der Waals surface area contributed by atoms with Crippen molar-refractivity contribution in [3.8, 4) is 11.3 Å². The minimum Gasteiger partial charge on any atom is -0.478 e. The number of aryl methyl sites for hydroxylation is 3. The van der Waals surface area contributed by atoms with Crippen molar-refractivity contribution in [1.82, 2.24) is 9.97 Å². The highest BCUT2D eigenvalue weighted by Gasteiger charge is 2.10. The molecule has 0 radical (unpaired) electrons. The zero-order valence-corrected chi connectivity index (χ0v) is 11.2. The van der Waals surface area contributed by atoms with Crippen molar-refractivity contribution < 1.29 is 9.90 Å². The number of hydrogen-bond acceptors (Lipinski definition) is 2. The monoisotopic (exact) mass is 256 g/mol. The number of rotatable bonds is 3. The molecule has 0 fully saturated rings. The average Bonchev–Trinajstić information content (AvgIpc) is 2.68. The molecule has 2 rings (SSSR count). The number of aromatic nitrogens is 2. The lowest BCUT2D eigenvalue weighted by atomic mass is 10.0. The first-order valence-electron chi connectivity index (χ1n) is 6.02. The molecule has 0 atom stereocenters. The summed E-state index contributed by atoms with van der Waals surface area (Å²) >= 11 is 0. The summed E-state index contributed by atoms with van der Waals surface area (Å²) in [4.78, 5) is 18.0. The van der Waals surface area contributed by atoms with Crippen LogP contribution in [-0.4, -0.2) is 21.0 Å². The molecule has 0 unspecified atom stereocenters. The van der Waals surface area contributed by atoms with Crippen molar-refractivity contribution >= 4 is 12.0 Å². The van der Waals surface area contributed by atoms with E-state index in [-0.39, 0.29) is 0 Å². The van der Waals surface area contributed by atoms with E-state index < -0.39 is 5.97 Å². The van der Waals surface area contributed by atoms with Gasteiger partial charge in [-0.25, -0.2) is 9.78 Å². The van der Waals surface area contributed by atoms with Gasteiger partial charge in [0.2, 0.25) is 0 Å². The summed E-state index contributed by atoms with van der Waals surface area (Å²) in [5.41, 5.74) is 5.22. The fraction of sp³-hybridized carbons (Fsp3) is 0.200. The molecule has 4 heteroatoms. The Kier molecular flexibility index (Phi) is 3.51. The maximum Gasteiger partial charge on any atom is 0.328 e. The number of H-pyrrole nitrogens is 1. The lowest BCUT2D eigenvalue weighted by Gasteiger charge is -2.04. The number of carbonyl (C=O) groups is 1. The lowest BCUT2D eigenvalue weighted by molar-refractivity contribution is -0.131. The highest BCUT2D eigenvalue weighted by molar-refractivity contribution is 5.84. The van der Waals surface area contributed by atoms with Crippen molar-refractivity contribution in [2.45, 2.75) is 20.8 Å². The predicted octanol–water partition coefficient (Wildman–Crippen LogP) is 3.10. The molecular weight excluding hydrogens is 240 g/mol. The maximum atomic E-state index is 10.5. The van der Waals surface area contributed by atoms with Gasteiger partial charge < -0.3 is 10.1 Å². The minimum absolute atomic E-state index is 0.551. The van der Waals surface area contributed by atoms with Crippen molar-refractivity contribution in [3.05, 3.63) is 46.9 Å². The summed E-state index contributed by atoms with van der Waals surface area (Å²) in [7, 11) is 0. The van der Waals surface area contributed by atoms with Gasteiger partial charge in [-0.15, -0.1) is 0 Å². The van der Waals surface area contributed by atoms with Crippen molar-refractivity contribution in [1.29, 1.82) is 0 Å². The molecule has 1 heterocycles. The smallest absolute Gasteiger partial charge is 0.328 e. The molecule has 4 nitrogen and oxygen atoms in total. The summed E-state index contributed by atoms with van der Waals surface area (Å²) in [5.74, 6) is -0.433. The van der Waals surface area contributed by atoms with E-state index in [4.69, 9.17) is 5.11 Å². The molecule has 0 aliphatic heterocycles. The molecule has 0 spiro atoms. The number of hydrogen-bond donors (Lipinski definition) is 2. The van der Waals surface area contributed by atoms with Gasteiger partial charge in [0, 0.05) is 17.3 Å². The summed E-state index contributed by atoms with van der Waals surface area (Å²) in [6, 6.07) is 6.19. The first kappa shape index (κ1) is 13.1. The zero-order valence-electron chi connectivity index (χ0n) is 11.2. The van der Waals surface area contributed by atoms with E-state index in [1.165, 1.54) is 11.6 Å². The Bertz CT molecular complexity index is 654. The molecule has 2 aromatic rings. The van der Waals surface area contributed by atoms with Crippen LogP contribution >= 0.6 is 0 Å². The molecule has 2 N–H and O–H groups in total. The van der Waals surface area contributed by atoms with Crippen molar-refractivity contribution in [2.75, 3.05) is 0 Å². The van der Waals surface area contributed by atoms with Crippen LogP contribution in [0.3, 0.4) is 0 Å². The topological polar surface area (TPSA) is 66.0 Å². The molecule has 0 aliphatic carbocycles. The van der Waals surface area contributed by atoms with Crippen LogP contribution in [0.15, 0.2) is 24.3 Å². The van der Waals surface area contributed by atoms with E-state index in [9.17, 15) is 4.79 Å². The molecule has 0 amide bonds. The number of imidazole rings is 1. The van der Waals surface area contributed by atoms with E-state index in [2.05, 4.69) is 23.0 Å². The third-order valence-corrected chi connectivity index (χ3v) is 2.92. The Labute approximate surface area is 111 Å². The van der Waals surface area contributed by atoms with Crippen LogP contribution in [0.4, 0.5) is 0 Å². The van der Waals surface area contributed by atoms with Crippen LogP contribution in [-0.2, 0) is 4.79 Å². The first-order chi connectivity index (χ1) is 8.97. The number of aromatic amines is 1. The Morgan fingerprint density at radius 1 is 1.32 bits per heavy atom. The predicted molar refractivity (Wildman–Crippen MR) is 74.9 cm³/mol. The van der Waals surface area contributed by atoms with Crippen LogP contribution in [0, 0.1) is 20.8 Å². The number of nitrogens with zero attached hydrogens (tertiary/aromatic N) is 1. The zero-order chi connectivity index (χ0) is 14.0. The highest BCUT2D eigenvalue weighted by Crippen LogP contribution is 2.25.